The van der Waals surface area contributed by atoms with Gasteiger partial charge in [-0.15, -0.1) is 11.3 Å². The van der Waals surface area contributed by atoms with Crippen molar-refractivity contribution >= 4 is 54.8 Å². The van der Waals surface area contributed by atoms with Crippen LogP contribution < -0.4 is 10.6 Å². The number of nitrogens with two attached hydrogens (primary N) is 1. The Kier molecular flexibility index (Phi) is 3.64. The molecule has 6 heteroatoms. The molecule has 3 nitrogen and oxygen atoms in total. The van der Waals surface area contributed by atoms with Crippen LogP contribution in [0.15, 0.2) is 49.6 Å². The maximum absolute atomic E-state index is 6.06. The molecule has 0 aliphatic carbocycles. The summed E-state index contributed by atoms with van der Waals surface area (Å²) in [5, 5.41) is 2.09. The largest absolute Gasteiger partial charge is 0.369 e. The van der Waals surface area contributed by atoms with Crippen molar-refractivity contribution in [2.45, 2.75) is 6.04 Å². The number of rotatable bonds is 2. The van der Waals surface area contributed by atoms with Crippen LogP contribution in [-0.2, 0) is 0 Å². The lowest BCUT2D eigenvalue weighted by atomic mass is 10.2. The summed E-state index contributed by atoms with van der Waals surface area (Å²) in [4.78, 5) is 7.74. The summed E-state index contributed by atoms with van der Waals surface area (Å²) >= 11 is 8.80. The first kappa shape index (κ1) is 13.1. The Bertz CT molecular complexity index is 638. The second kappa shape index (κ2) is 5.26. The average molecular weight is 401 g/mol. The minimum atomic E-state index is 0.176. The summed E-state index contributed by atoms with van der Waals surface area (Å²) in [5.41, 5.74) is 7.11. The number of thiophene rings is 1. The van der Waals surface area contributed by atoms with Crippen LogP contribution in [-0.4, -0.2) is 12.5 Å². The maximum atomic E-state index is 6.06. The van der Waals surface area contributed by atoms with Gasteiger partial charge in [-0.2, -0.15) is 0 Å². The van der Waals surface area contributed by atoms with Gasteiger partial charge in [-0.05, 0) is 50.1 Å². The Morgan fingerprint density at radius 1 is 1.32 bits per heavy atom. The summed E-state index contributed by atoms with van der Waals surface area (Å²) in [6.07, 6.45) is 0. The number of hydrogen-bond acceptors (Lipinski definition) is 4. The van der Waals surface area contributed by atoms with Gasteiger partial charge in [0.1, 0.15) is 0 Å². The van der Waals surface area contributed by atoms with Crippen LogP contribution in [0.1, 0.15) is 10.9 Å². The van der Waals surface area contributed by atoms with Gasteiger partial charge in [0.2, 0.25) is 0 Å². The second-order valence-electron chi connectivity index (χ2n) is 4.20. The Balaban J connectivity index is 2.02. The van der Waals surface area contributed by atoms with Crippen LogP contribution in [0.5, 0.6) is 0 Å². The fraction of sp³-hybridized carbons (Fsp3) is 0.154. The molecule has 2 N–H and O–H groups in total. The number of aliphatic imine (C=N–C) groups is 1. The summed E-state index contributed by atoms with van der Waals surface area (Å²) in [6.45, 7) is 0.695. The number of halogens is 2. The first-order chi connectivity index (χ1) is 9.16. The van der Waals surface area contributed by atoms with Gasteiger partial charge in [0, 0.05) is 19.2 Å². The van der Waals surface area contributed by atoms with E-state index in [1.54, 1.807) is 11.3 Å². The normalized spacial score (nSPS) is 18.7. The number of hydrogen-bond donors (Lipinski definition) is 1. The molecule has 1 atom stereocenters. The fourth-order valence-corrected chi connectivity index (χ4v) is 4.16. The maximum Gasteiger partial charge on any atom is 0.196 e. The van der Waals surface area contributed by atoms with Gasteiger partial charge < -0.3 is 10.6 Å². The minimum Gasteiger partial charge on any atom is -0.369 e. The van der Waals surface area contributed by atoms with Crippen molar-refractivity contribution in [3.8, 4) is 0 Å². The van der Waals surface area contributed by atoms with E-state index in [0.717, 1.165) is 14.6 Å². The lowest BCUT2D eigenvalue weighted by Gasteiger charge is -2.26. The summed E-state index contributed by atoms with van der Waals surface area (Å²) in [7, 11) is 0. The molecule has 2 aromatic rings. The highest BCUT2D eigenvalue weighted by Crippen LogP contribution is 2.38. The predicted molar refractivity (Wildman–Crippen MR) is 87.9 cm³/mol. The monoisotopic (exact) mass is 399 g/mol. The quantitative estimate of drug-likeness (QED) is 0.822. The number of anilines is 1. The molecule has 0 radical (unpaired) electrons. The van der Waals surface area contributed by atoms with Crippen LogP contribution >= 0.6 is 43.2 Å². The Hall–Kier alpha value is -0.850. The molecule has 19 heavy (non-hydrogen) atoms. The van der Waals surface area contributed by atoms with Crippen molar-refractivity contribution in [3.63, 3.8) is 0 Å². The molecule has 0 spiro atoms. The van der Waals surface area contributed by atoms with E-state index in [2.05, 4.69) is 53.2 Å². The second-order valence-corrected chi connectivity index (χ2v) is 6.92. The van der Waals surface area contributed by atoms with Crippen molar-refractivity contribution < 1.29 is 0 Å². The van der Waals surface area contributed by atoms with Gasteiger partial charge in [0.15, 0.2) is 5.96 Å². The molecule has 98 valence electrons. The van der Waals surface area contributed by atoms with Crippen LogP contribution in [0.25, 0.3) is 0 Å². The molecule has 0 saturated carbocycles. The number of benzene rings is 1. The zero-order valence-electron chi connectivity index (χ0n) is 9.88. The number of para-hydroxylation sites is 1. The standard InChI is InChI=1S/C13H11Br2N3S/c14-8-5-12(19-7-8)11-6-17-13(16)18(11)10-4-2-1-3-9(10)15/h1-5,7,11H,6H2,(H2,16,17). The molecule has 1 aromatic heterocycles. The zero-order valence-corrected chi connectivity index (χ0v) is 13.9. The Morgan fingerprint density at radius 3 is 2.79 bits per heavy atom. The summed E-state index contributed by atoms with van der Waals surface area (Å²) in [6, 6.07) is 10.4. The van der Waals surface area contributed by atoms with Crippen molar-refractivity contribution in [2.75, 3.05) is 11.4 Å². The van der Waals surface area contributed by atoms with Gasteiger partial charge in [0.25, 0.3) is 0 Å². The fourth-order valence-electron chi connectivity index (χ4n) is 2.16. The van der Waals surface area contributed by atoms with Crippen LogP contribution in [0, 0.1) is 0 Å². The van der Waals surface area contributed by atoms with Crippen molar-refractivity contribution in [3.05, 3.63) is 49.5 Å². The zero-order chi connectivity index (χ0) is 13.4. The third kappa shape index (κ3) is 2.44. The Labute approximate surface area is 132 Å². The lowest BCUT2D eigenvalue weighted by Crippen LogP contribution is -2.36. The van der Waals surface area contributed by atoms with Gasteiger partial charge in [0.05, 0.1) is 18.3 Å². The number of guanidine groups is 1. The lowest BCUT2D eigenvalue weighted by molar-refractivity contribution is 0.783. The van der Waals surface area contributed by atoms with Crippen molar-refractivity contribution in [2.24, 2.45) is 10.7 Å². The Morgan fingerprint density at radius 2 is 2.11 bits per heavy atom. The molecule has 3 rings (SSSR count). The van der Waals surface area contributed by atoms with E-state index >= 15 is 0 Å². The highest BCUT2D eigenvalue weighted by atomic mass is 79.9. The van der Waals surface area contributed by atoms with E-state index in [0.29, 0.717) is 12.5 Å². The molecule has 1 aliphatic rings. The van der Waals surface area contributed by atoms with E-state index in [9.17, 15) is 0 Å². The highest BCUT2D eigenvalue weighted by Gasteiger charge is 2.30. The molecule has 1 aromatic carbocycles. The molecule has 0 amide bonds. The van der Waals surface area contributed by atoms with Crippen LogP contribution in [0.3, 0.4) is 0 Å². The smallest absolute Gasteiger partial charge is 0.196 e. The van der Waals surface area contributed by atoms with E-state index in [4.69, 9.17) is 5.73 Å². The molecule has 1 unspecified atom stereocenters. The predicted octanol–water partition coefficient (Wildman–Crippen LogP) is 4.15. The molecule has 0 bridgehead atoms. The van der Waals surface area contributed by atoms with E-state index in [1.807, 2.05) is 24.3 Å². The highest BCUT2D eigenvalue weighted by molar-refractivity contribution is 9.10. The summed E-state index contributed by atoms with van der Waals surface area (Å²) in [5.74, 6) is 0.571. The van der Waals surface area contributed by atoms with E-state index in [1.165, 1.54) is 4.88 Å². The molecular formula is C13H11Br2N3S. The van der Waals surface area contributed by atoms with Gasteiger partial charge >= 0.3 is 0 Å². The van der Waals surface area contributed by atoms with E-state index < -0.39 is 0 Å². The van der Waals surface area contributed by atoms with Gasteiger partial charge in [-0.3, -0.25) is 4.99 Å². The number of nitrogens with zero attached hydrogens (tertiary/aromatic N) is 2. The SMILES string of the molecule is NC1=NCC(c2cc(Br)cs2)N1c1ccccc1Br. The van der Waals surface area contributed by atoms with Crippen molar-refractivity contribution in [1.29, 1.82) is 0 Å². The third-order valence-corrected chi connectivity index (χ3v) is 5.48. The van der Waals surface area contributed by atoms with E-state index in [-0.39, 0.29) is 6.04 Å². The first-order valence-electron chi connectivity index (χ1n) is 5.74. The molecule has 2 heterocycles. The van der Waals surface area contributed by atoms with Crippen molar-refractivity contribution in [1.82, 2.24) is 0 Å². The summed E-state index contributed by atoms with van der Waals surface area (Å²) < 4.78 is 2.13. The molecule has 0 saturated heterocycles. The molecule has 1 aliphatic heterocycles. The molecule has 0 fully saturated rings. The van der Waals surface area contributed by atoms with Gasteiger partial charge in [-0.25, -0.2) is 0 Å². The van der Waals surface area contributed by atoms with Gasteiger partial charge in [-0.1, -0.05) is 12.1 Å². The van der Waals surface area contributed by atoms with Crippen LogP contribution in [0.4, 0.5) is 5.69 Å². The third-order valence-electron chi connectivity index (χ3n) is 3.01. The first-order valence-corrected chi connectivity index (χ1v) is 8.21. The van der Waals surface area contributed by atoms with Crippen LogP contribution in [0.2, 0.25) is 0 Å². The average Bonchev–Trinajstić information content (AvgIpc) is 2.96. The molecular weight excluding hydrogens is 390 g/mol. The minimum absolute atomic E-state index is 0.176. The topological polar surface area (TPSA) is 41.6 Å².